The Bertz CT molecular complexity index is 519. The molecule has 0 radical (unpaired) electrons. The fourth-order valence-corrected chi connectivity index (χ4v) is 1.67. The van der Waals surface area contributed by atoms with Gasteiger partial charge in [-0.05, 0) is 30.7 Å². The van der Waals surface area contributed by atoms with Crippen molar-refractivity contribution in [2.24, 2.45) is 5.73 Å². The molecule has 17 heavy (non-hydrogen) atoms. The summed E-state index contributed by atoms with van der Waals surface area (Å²) in [4.78, 5) is 11.2. The summed E-state index contributed by atoms with van der Waals surface area (Å²) >= 11 is 0. The highest BCUT2D eigenvalue weighted by molar-refractivity contribution is 5.95. The van der Waals surface area contributed by atoms with Crippen LogP contribution in [0.2, 0.25) is 0 Å². The van der Waals surface area contributed by atoms with E-state index >= 15 is 0 Å². The minimum Gasteiger partial charge on any atom is -0.379 e. The summed E-state index contributed by atoms with van der Waals surface area (Å²) in [7, 11) is 0. The lowest BCUT2D eigenvalue weighted by Crippen LogP contribution is -2.14. The molecule has 0 fully saturated rings. The topological polar surface area (TPSA) is 83.8 Å². The summed E-state index contributed by atoms with van der Waals surface area (Å²) in [5.74, 6) is -0.410. The SMILES string of the molecule is Cc1c(NCc2ccn[nH]2)cccc1C(N)=O. The van der Waals surface area contributed by atoms with Crippen molar-refractivity contribution in [1.82, 2.24) is 10.2 Å². The Labute approximate surface area is 99.0 Å². The van der Waals surface area contributed by atoms with Gasteiger partial charge in [-0.15, -0.1) is 0 Å². The summed E-state index contributed by atoms with van der Waals surface area (Å²) < 4.78 is 0. The first-order valence-electron chi connectivity index (χ1n) is 5.30. The lowest BCUT2D eigenvalue weighted by atomic mass is 10.1. The molecule has 5 nitrogen and oxygen atoms in total. The molecule has 1 amide bonds. The molecular weight excluding hydrogens is 216 g/mol. The number of carbonyl (C=O) groups is 1. The monoisotopic (exact) mass is 230 g/mol. The molecule has 0 aliphatic rings. The number of aromatic nitrogens is 2. The van der Waals surface area contributed by atoms with E-state index in [4.69, 9.17) is 5.73 Å². The maximum atomic E-state index is 11.2. The Balaban J connectivity index is 2.16. The van der Waals surface area contributed by atoms with Crippen LogP contribution in [0.5, 0.6) is 0 Å². The number of benzene rings is 1. The number of anilines is 1. The van der Waals surface area contributed by atoms with Crippen molar-refractivity contribution in [2.75, 3.05) is 5.32 Å². The quantitative estimate of drug-likeness (QED) is 0.742. The van der Waals surface area contributed by atoms with Crippen molar-refractivity contribution < 1.29 is 4.79 Å². The van der Waals surface area contributed by atoms with Crippen LogP contribution in [0.3, 0.4) is 0 Å². The van der Waals surface area contributed by atoms with Gasteiger partial charge in [0.2, 0.25) is 5.91 Å². The normalized spacial score (nSPS) is 10.2. The number of aromatic amines is 1. The van der Waals surface area contributed by atoms with Crippen LogP contribution in [0.4, 0.5) is 5.69 Å². The van der Waals surface area contributed by atoms with Crippen LogP contribution in [0, 0.1) is 6.92 Å². The average molecular weight is 230 g/mol. The smallest absolute Gasteiger partial charge is 0.249 e. The number of rotatable bonds is 4. The predicted molar refractivity (Wildman–Crippen MR) is 65.6 cm³/mol. The predicted octanol–water partition coefficient (Wildman–Crippen LogP) is 1.43. The molecule has 0 spiro atoms. The molecule has 0 unspecified atom stereocenters. The summed E-state index contributed by atoms with van der Waals surface area (Å²) in [6.07, 6.45) is 1.70. The van der Waals surface area contributed by atoms with Crippen molar-refractivity contribution in [3.8, 4) is 0 Å². The third kappa shape index (κ3) is 2.44. The van der Waals surface area contributed by atoms with E-state index in [1.807, 2.05) is 25.1 Å². The maximum absolute atomic E-state index is 11.2. The van der Waals surface area contributed by atoms with Gasteiger partial charge in [0.25, 0.3) is 0 Å². The second-order valence-electron chi connectivity index (χ2n) is 3.78. The largest absolute Gasteiger partial charge is 0.379 e. The van der Waals surface area contributed by atoms with Crippen LogP contribution in [-0.2, 0) is 6.54 Å². The molecule has 1 heterocycles. The number of nitrogens with two attached hydrogens (primary N) is 1. The van der Waals surface area contributed by atoms with Gasteiger partial charge in [0.15, 0.2) is 0 Å². The Morgan fingerprint density at radius 2 is 2.29 bits per heavy atom. The number of carbonyl (C=O) groups excluding carboxylic acids is 1. The zero-order valence-corrected chi connectivity index (χ0v) is 9.53. The Morgan fingerprint density at radius 1 is 1.47 bits per heavy atom. The summed E-state index contributed by atoms with van der Waals surface area (Å²) in [5.41, 5.74) is 8.57. The van der Waals surface area contributed by atoms with E-state index in [0.29, 0.717) is 12.1 Å². The number of nitrogens with one attached hydrogen (secondary N) is 2. The number of hydrogen-bond acceptors (Lipinski definition) is 3. The van der Waals surface area contributed by atoms with Crippen LogP contribution in [-0.4, -0.2) is 16.1 Å². The van der Waals surface area contributed by atoms with Gasteiger partial charge in [0.05, 0.1) is 12.2 Å². The molecule has 0 bridgehead atoms. The van der Waals surface area contributed by atoms with Crippen LogP contribution in [0.15, 0.2) is 30.5 Å². The minimum atomic E-state index is -0.410. The molecule has 5 heteroatoms. The van der Waals surface area contributed by atoms with Crippen LogP contribution < -0.4 is 11.1 Å². The second kappa shape index (κ2) is 4.69. The second-order valence-corrected chi connectivity index (χ2v) is 3.78. The molecular formula is C12H14N4O. The fourth-order valence-electron chi connectivity index (χ4n) is 1.67. The highest BCUT2D eigenvalue weighted by Crippen LogP contribution is 2.19. The van der Waals surface area contributed by atoms with Crippen LogP contribution in [0.1, 0.15) is 21.6 Å². The molecule has 1 aromatic carbocycles. The van der Waals surface area contributed by atoms with Gasteiger partial charge < -0.3 is 11.1 Å². The van der Waals surface area contributed by atoms with E-state index in [-0.39, 0.29) is 0 Å². The van der Waals surface area contributed by atoms with E-state index in [2.05, 4.69) is 15.5 Å². The van der Waals surface area contributed by atoms with Crippen molar-refractivity contribution >= 4 is 11.6 Å². The van der Waals surface area contributed by atoms with Gasteiger partial charge in [-0.2, -0.15) is 5.10 Å². The van der Waals surface area contributed by atoms with Gasteiger partial charge in [-0.1, -0.05) is 6.07 Å². The summed E-state index contributed by atoms with van der Waals surface area (Å²) in [6, 6.07) is 7.33. The third-order valence-corrected chi connectivity index (χ3v) is 2.63. The minimum absolute atomic E-state index is 0.410. The lowest BCUT2D eigenvalue weighted by Gasteiger charge is -2.10. The van der Waals surface area contributed by atoms with E-state index < -0.39 is 5.91 Å². The lowest BCUT2D eigenvalue weighted by molar-refractivity contribution is 0.1000. The van der Waals surface area contributed by atoms with Crippen LogP contribution >= 0.6 is 0 Å². The maximum Gasteiger partial charge on any atom is 0.249 e. The zero-order valence-electron chi connectivity index (χ0n) is 9.53. The fraction of sp³-hybridized carbons (Fsp3) is 0.167. The van der Waals surface area contributed by atoms with Gasteiger partial charge in [-0.3, -0.25) is 9.89 Å². The van der Waals surface area contributed by atoms with Crippen molar-refractivity contribution in [3.05, 3.63) is 47.3 Å². The summed E-state index contributed by atoms with van der Waals surface area (Å²) in [5, 5.41) is 9.96. The highest BCUT2D eigenvalue weighted by Gasteiger charge is 2.07. The zero-order chi connectivity index (χ0) is 12.3. The van der Waals surface area contributed by atoms with E-state index in [1.54, 1.807) is 12.3 Å². The van der Waals surface area contributed by atoms with Gasteiger partial charge in [-0.25, -0.2) is 0 Å². The van der Waals surface area contributed by atoms with Crippen LogP contribution in [0.25, 0.3) is 0 Å². The number of hydrogen-bond donors (Lipinski definition) is 3. The van der Waals surface area contributed by atoms with E-state index in [1.165, 1.54) is 0 Å². The van der Waals surface area contributed by atoms with Crippen molar-refractivity contribution in [1.29, 1.82) is 0 Å². The molecule has 2 aromatic rings. The number of primary amides is 1. The Morgan fingerprint density at radius 3 is 2.94 bits per heavy atom. The Hall–Kier alpha value is -2.30. The molecule has 4 N–H and O–H groups in total. The average Bonchev–Trinajstić information content (AvgIpc) is 2.80. The molecule has 0 atom stereocenters. The first-order chi connectivity index (χ1) is 8.18. The van der Waals surface area contributed by atoms with Gasteiger partial charge in [0.1, 0.15) is 0 Å². The Kier molecular flexibility index (Phi) is 3.09. The number of nitrogens with zero attached hydrogens (tertiary/aromatic N) is 1. The standard InChI is InChI=1S/C12H14N4O/c1-8-10(12(13)17)3-2-4-11(8)14-7-9-5-6-15-16-9/h2-6,14H,7H2,1H3,(H2,13,17)(H,15,16). The molecule has 0 aliphatic carbocycles. The number of H-pyrrole nitrogens is 1. The van der Waals surface area contributed by atoms with E-state index in [9.17, 15) is 4.79 Å². The molecule has 0 saturated carbocycles. The molecule has 2 rings (SSSR count). The van der Waals surface area contributed by atoms with Gasteiger partial charge >= 0.3 is 0 Å². The first-order valence-corrected chi connectivity index (χ1v) is 5.30. The molecule has 0 aliphatic heterocycles. The molecule has 88 valence electrons. The first kappa shape index (κ1) is 11.2. The number of amides is 1. The van der Waals surface area contributed by atoms with Gasteiger partial charge in [0, 0.05) is 17.4 Å². The van der Waals surface area contributed by atoms with E-state index in [0.717, 1.165) is 16.9 Å². The van der Waals surface area contributed by atoms with Crippen molar-refractivity contribution in [2.45, 2.75) is 13.5 Å². The molecule has 1 aromatic heterocycles. The molecule has 0 saturated heterocycles. The summed E-state index contributed by atoms with van der Waals surface area (Å²) in [6.45, 7) is 2.50. The third-order valence-electron chi connectivity index (χ3n) is 2.63. The van der Waals surface area contributed by atoms with Crippen molar-refractivity contribution in [3.63, 3.8) is 0 Å². The highest BCUT2D eigenvalue weighted by atomic mass is 16.1.